The van der Waals surface area contributed by atoms with Crippen LogP contribution >= 0.6 is 0 Å². The third kappa shape index (κ3) is 4.57. The first kappa shape index (κ1) is 22.4. The standard InChI is InChI=1S/C19H25N3O6S2/c1-3-22(4-2)30(27,28)14-5-6-17-15(9-14)16(10-18(23)21-17)19(24)20-11-13-7-8-29(25,26)12-13/h5-6,9-10,13H,3-4,7-8,11-12H2,1-2H3,(H,20,24)(H,21,23). The smallest absolute Gasteiger partial charge is 0.252 e. The molecule has 1 aromatic carbocycles. The molecule has 0 aliphatic carbocycles. The summed E-state index contributed by atoms with van der Waals surface area (Å²) in [5.74, 6) is -0.595. The molecule has 2 heterocycles. The Hall–Kier alpha value is -2.24. The Kier molecular flexibility index (Phi) is 6.34. The summed E-state index contributed by atoms with van der Waals surface area (Å²) in [6, 6.07) is 5.37. The van der Waals surface area contributed by atoms with E-state index in [-0.39, 0.29) is 34.4 Å². The fourth-order valence-corrected chi connectivity index (χ4v) is 7.01. The Balaban J connectivity index is 1.95. The number of hydrogen-bond acceptors (Lipinski definition) is 6. The van der Waals surface area contributed by atoms with Crippen molar-refractivity contribution in [2.75, 3.05) is 31.1 Å². The van der Waals surface area contributed by atoms with Crippen molar-refractivity contribution in [3.63, 3.8) is 0 Å². The van der Waals surface area contributed by atoms with Gasteiger partial charge >= 0.3 is 0 Å². The van der Waals surface area contributed by atoms with Crippen molar-refractivity contribution in [2.45, 2.75) is 25.2 Å². The highest BCUT2D eigenvalue weighted by Gasteiger charge is 2.28. The number of rotatable bonds is 7. The van der Waals surface area contributed by atoms with Crippen molar-refractivity contribution in [3.8, 4) is 0 Å². The maximum Gasteiger partial charge on any atom is 0.252 e. The molecule has 1 aliphatic heterocycles. The first-order valence-corrected chi connectivity index (χ1v) is 13.0. The monoisotopic (exact) mass is 455 g/mol. The van der Waals surface area contributed by atoms with Crippen LogP contribution in [0.15, 0.2) is 34.0 Å². The lowest BCUT2D eigenvalue weighted by Crippen LogP contribution is -2.31. The van der Waals surface area contributed by atoms with Crippen LogP contribution in [-0.2, 0) is 19.9 Å². The fourth-order valence-electron chi connectivity index (χ4n) is 3.66. The number of pyridine rings is 1. The lowest BCUT2D eigenvalue weighted by atomic mass is 10.1. The zero-order chi connectivity index (χ0) is 22.1. The number of amides is 1. The number of sulfonamides is 1. The number of nitrogens with one attached hydrogen (secondary N) is 2. The molecule has 164 valence electrons. The summed E-state index contributed by atoms with van der Waals surface area (Å²) in [6.07, 6.45) is 0.477. The van der Waals surface area contributed by atoms with E-state index in [1.807, 2.05) is 0 Å². The van der Waals surface area contributed by atoms with Gasteiger partial charge in [-0.2, -0.15) is 4.31 Å². The lowest BCUT2D eigenvalue weighted by molar-refractivity contribution is 0.0950. The minimum Gasteiger partial charge on any atom is -0.352 e. The van der Waals surface area contributed by atoms with E-state index < -0.39 is 31.3 Å². The van der Waals surface area contributed by atoms with Gasteiger partial charge in [-0.05, 0) is 30.5 Å². The van der Waals surface area contributed by atoms with Crippen LogP contribution in [0.1, 0.15) is 30.6 Å². The summed E-state index contributed by atoms with van der Waals surface area (Å²) in [5.41, 5.74) is -0.101. The van der Waals surface area contributed by atoms with E-state index in [4.69, 9.17) is 0 Å². The van der Waals surface area contributed by atoms with E-state index in [0.29, 0.717) is 30.4 Å². The zero-order valence-corrected chi connectivity index (χ0v) is 18.5. The van der Waals surface area contributed by atoms with E-state index in [1.54, 1.807) is 13.8 Å². The topological polar surface area (TPSA) is 133 Å². The minimum atomic E-state index is -3.74. The quantitative estimate of drug-likeness (QED) is 0.632. The van der Waals surface area contributed by atoms with E-state index in [9.17, 15) is 26.4 Å². The van der Waals surface area contributed by atoms with Crippen LogP contribution in [0.25, 0.3) is 10.9 Å². The van der Waals surface area contributed by atoms with Crippen LogP contribution in [0.3, 0.4) is 0 Å². The first-order chi connectivity index (χ1) is 14.1. The summed E-state index contributed by atoms with van der Waals surface area (Å²) >= 11 is 0. The van der Waals surface area contributed by atoms with Gasteiger partial charge in [-0.1, -0.05) is 13.8 Å². The summed E-state index contributed by atoms with van der Waals surface area (Å²) < 4.78 is 50.2. The number of benzene rings is 1. The van der Waals surface area contributed by atoms with Crippen LogP contribution < -0.4 is 10.9 Å². The Bertz CT molecular complexity index is 1230. The maximum absolute atomic E-state index is 12.8. The molecule has 11 heteroatoms. The number of sulfone groups is 1. The Morgan fingerprint density at radius 1 is 1.23 bits per heavy atom. The van der Waals surface area contributed by atoms with Gasteiger partial charge in [-0.25, -0.2) is 16.8 Å². The van der Waals surface area contributed by atoms with Gasteiger partial charge in [-0.3, -0.25) is 9.59 Å². The molecule has 0 radical (unpaired) electrons. The van der Waals surface area contributed by atoms with Gasteiger partial charge in [0.05, 0.1) is 22.0 Å². The second kappa shape index (κ2) is 8.48. The largest absolute Gasteiger partial charge is 0.352 e. The molecule has 0 spiro atoms. The molecule has 2 N–H and O–H groups in total. The van der Waals surface area contributed by atoms with Crippen LogP contribution in [-0.4, -0.2) is 63.2 Å². The minimum absolute atomic E-state index is 0.0235. The van der Waals surface area contributed by atoms with Crippen molar-refractivity contribution in [3.05, 3.63) is 40.2 Å². The molecule has 1 fully saturated rings. The Morgan fingerprint density at radius 2 is 1.93 bits per heavy atom. The molecule has 9 nitrogen and oxygen atoms in total. The number of hydrogen-bond donors (Lipinski definition) is 2. The van der Waals surface area contributed by atoms with E-state index >= 15 is 0 Å². The summed E-state index contributed by atoms with van der Waals surface area (Å²) in [7, 11) is -6.80. The van der Waals surface area contributed by atoms with E-state index in [2.05, 4.69) is 10.3 Å². The predicted molar refractivity (Wildman–Crippen MR) is 114 cm³/mol. The highest BCUT2D eigenvalue weighted by atomic mass is 32.2. The average molecular weight is 456 g/mol. The Morgan fingerprint density at radius 3 is 2.53 bits per heavy atom. The Labute approximate surface area is 175 Å². The van der Waals surface area contributed by atoms with Gasteiger partial charge < -0.3 is 10.3 Å². The molecule has 1 unspecified atom stereocenters. The van der Waals surface area contributed by atoms with Crippen molar-refractivity contribution >= 4 is 36.7 Å². The number of fused-ring (bicyclic) bond motifs is 1. The first-order valence-electron chi connectivity index (χ1n) is 9.73. The van der Waals surface area contributed by atoms with Crippen LogP contribution in [0.4, 0.5) is 0 Å². The van der Waals surface area contributed by atoms with Crippen LogP contribution in [0.5, 0.6) is 0 Å². The SMILES string of the molecule is CCN(CC)S(=O)(=O)c1ccc2[nH]c(=O)cc(C(=O)NCC3CCS(=O)(=O)C3)c2c1. The molecule has 1 aromatic heterocycles. The third-order valence-corrected chi connectivity index (χ3v) is 9.16. The maximum atomic E-state index is 12.8. The number of carbonyl (C=O) groups is 1. The van der Waals surface area contributed by atoms with E-state index in [0.717, 1.165) is 6.07 Å². The van der Waals surface area contributed by atoms with Gasteiger partial charge in [0.1, 0.15) is 0 Å². The van der Waals surface area contributed by atoms with Crippen LogP contribution in [0, 0.1) is 5.92 Å². The molecule has 3 rings (SSSR count). The highest BCUT2D eigenvalue weighted by Crippen LogP contribution is 2.23. The molecular formula is C19H25N3O6S2. The van der Waals surface area contributed by atoms with Gasteiger partial charge in [0, 0.05) is 36.6 Å². The number of nitrogens with zero attached hydrogens (tertiary/aromatic N) is 1. The van der Waals surface area contributed by atoms with Gasteiger partial charge in [0.2, 0.25) is 15.6 Å². The highest BCUT2D eigenvalue weighted by molar-refractivity contribution is 7.91. The predicted octanol–water partition coefficient (Wildman–Crippen LogP) is 0.723. The zero-order valence-electron chi connectivity index (χ0n) is 16.8. The van der Waals surface area contributed by atoms with Gasteiger partial charge in [-0.15, -0.1) is 0 Å². The lowest BCUT2D eigenvalue weighted by Gasteiger charge is -2.19. The number of H-pyrrole nitrogens is 1. The van der Waals surface area contributed by atoms with E-state index in [1.165, 1.54) is 22.5 Å². The summed E-state index contributed by atoms with van der Waals surface area (Å²) in [6.45, 7) is 4.26. The number of carbonyl (C=O) groups excluding carboxylic acids is 1. The number of aromatic amines is 1. The van der Waals surface area contributed by atoms with Crippen molar-refractivity contribution in [2.24, 2.45) is 5.92 Å². The molecule has 30 heavy (non-hydrogen) atoms. The average Bonchev–Trinajstić information content (AvgIpc) is 3.04. The molecule has 1 aliphatic rings. The van der Waals surface area contributed by atoms with Crippen LogP contribution in [0.2, 0.25) is 0 Å². The molecular weight excluding hydrogens is 430 g/mol. The van der Waals surface area contributed by atoms with Crippen molar-refractivity contribution < 1.29 is 21.6 Å². The second-order valence-corrected chi connectivity index (χ2v) is 11.5. The third-order valence-electron chi connectivity index (χ3n) is 5.28. The van der Waals surface area contributed by atoms with Crippen molar-refractivity contribution in [1.29, 1.82) is 0 Å². The second-order valence-electron chi connectivity index (χ2n) is 7.32. The van der Waals surface area contributed by atoms with Gasteiger partial charge in [0.15, 0.2) is 9.84 Å². The molecule has 1 saturated heterocycles. The molecule has 0 saturated carbocycles. The normalized spacial score (nSPS) is 18.7. The summed E-state index contributed by atoms with van der Waals surface area (Å²) in [5, 5.41) is 2.99. The molecule has 2 aromatic rings. The fraction of sp³-hybridized carbons (Fsp3) is 0.474. The number of aromatic nitrogens is 1. The molecule has 1 atom stereocenters. The summed E-state index contributed by atoms with van der Waals surface area (Å²) in [4.78, 5) is 27.4. The van der Waals surface area contributed by atoms with Gasteiger partial charge in [0.25, 0.3) is 5.91 Å². The van der Waals surface area contributed by atoms with Crippen molar-refractivity contribution in [1.82, 2.24) is 14.6 Å². The molecule has 1 amide bonds. The molecule has 0 bridgehead atoms.